The van der Waals surface area contributed by atoms with Crippen molar-refractivity contribution in [3.05, 3.63) is 11.1 Å². The third-order valence-electron chi connectivity index (χ3n) is 13.4. The van der Waals surface area contributed by atoms with Crippen LogP contribution in [0.15, 0.2) is 11.1 Å². The van der Waals surface area contributed by atoms with Crippen LogP contribution >= 0.6 is 0 Å². The van der Waals surface area contributed by atoms with Gasteiger partial charge in [-0.2, -0.15) is 0 Å². The molecule has 5 rings (SSSR count). The van der Waals surface area contributed by atoms with Gasteiger partial charge in [0.15, 0.2) is 5.78 Å². The first-order chi connectivity index (χ1) is 17.8. The molecular weight excluding hydrogens is 482 g/mol. The SMILES string of the molecule is CC(C)C1=C2[C@H]3CC[C@@H]4[C@@]5(C)C(NC(=O)OC(C)(C)C)CCC(C)(C)[C@@H]5CC[C@@]4(C)[C@]3(C)CC[C@@]2(C)CC1=O. The van der Waals surface area contributed by atoms with E-state index in [-0.39, 0.29) is 39.2 Å². The van der Waals surface area contributed by atoms with E-state index in [1.165, 1.54) is 37.7 Å². The van der Waals surface area contributed by atoms with E-state index in [0.717, 1.165) is 25.7 Å². The number of allylic oxidation sites excluding steroid dienone is 2. The highest BCUT2D eigenvalue weighted by atomic mass is 16.6. The predicted octanol–water partition coefficient (Wildman–Crippen LogP) is 8.88. The van der Waals surface area contributed by atoms with Crippen molar-refractivity contribution >= 4 is 11.9 Å². The normalized spacial score (nSPS) is 45.3. The van der Waals surface area contributed by atoms with Crippen LogP contribution < -0.4 is 5.32 Å². The monoisotopic (exact) mass is 539 g/mol. The van der Waals surface area contributed by atoms with Crippen molar-refractivity contribution in [3.8, 4) is 0 Å². The van der Waals surface area contributed by atoms with E-state index in [2.05, 4.69) is 60.7 Å². The summed E-state index contributed by atoms with van der Waals surface area (Å²) in [5, 5.41) is 3.44. The molecule has 0 saturated heterocycles. The third-order valence-corrected chi connectivity index (χ3v) is 13.4. The lowest BCUT2D eigenvalue weighted by Crippen LogP contribution is -2.69. The smallest absolute Gasteiger partial charge is 0.407 e. The molecule has 39 heavy (non-hydrogen) atoms. The number of rotatable bonds is 2. The average Bonchev–Trinajstić information content (AvgIpc) is 3.05. The van der Waals surface area contributed by atoms with Crippen LogP contribution in [0.4, 0.5) is 4.79 Å². The van der Waals surface area contributed by atoms with Gasteiger partial charge in [-0.1, -0.05) is 61.0 Å². The van der Waals surface area contributed by atoms with E-state index < -0.39 is 5.60 Å². The molecule has 0 bridgehead atoms. The standard InChI is InChI=1S/C35H57NO3/c1-21(2)27-23(37)20-32(8)18-19-33(9)22(28(27)32)12-13-25-34(33,10)17-14-24-31(6,7)16-15-26(35(24,25)11)36-29(38)39-30(3,4)5/h21-22,24-26H,12-20H2,1-11H3,(H,36,38)/t22-,24+,25+,26?,32+,33-,34-,35+/m1/s1. The molecule has 0 aromatic carbocycles. The number of hydrogen-bond donors (Lipinski definition) is 1. The quantitative estimate of drug-likeness (QED) is 0.381. The first-order valence-electron chi connectivity index (χ1n) is 16.1. The second-order valence-electron chi connectivity index (χ2n) is 17.3. The van der Waals surface area contributed by atoms with E-state index in [4.69, 9.17) is 4.74 Å². The molecule has 0 heterocycles. The highest BCUT2D eigenvalue weighted by Crippen LogP contribution is 2.76. The van der Waals surface area contributed by atoms with Gasteiger partial charge in [-0.3, -0.25) is 4.79 Å². The summed E-state index contributed by atoms with van der Waals surface area (Å²) in [6.07, 6.45) is 9.78. The van der Waals surface area contributed by atoms with Crippen LogP contribution in [0.1, 0.15) is 134 Å². The van der Waals surface area contributed by atoms with Gasteiger partial charge in [0.1, 0.15) is 5.60 Å². The zero-order chi connectivity index (χ0) is 29.0. The molecule has 0 aliphatic heterocycles. The Morgan fingerprint density at radius 2 is 1.54 bits per heavy atom. The van der Waals surface area contributed by atoms with Gasteiger partial charge in [-0.05, 0) is 128 Å². The molecule has 5 aliphatic carbocycles. The summed E-state index contributed by atoms with van der Waals surface area (Å²) >= 11 is 0. The second-order valence-corrected chi connectivity index (χ2v) is 17.3. The van der Waals surface area contributed by atoms with Gasteiger partial charge in [0.25, 0.3) is 0 Å². The Bertz CT molecular complexity index is 1080. The summed E-state index contributed by atoms with van der Waals surface area (Å²) in [4.78, 5) is 26.5. The number of carbonyl (C=O) groups excluding carboxylic acids is 2. The largest absolute Gasteiger partial charge is 0.444 e. The molecule has 1 amide bonds. The van der Waals surface area contributed by atoms with E-state index >= 15 is 0 Å². The average molecular weight is 540 g/mol. The van der Waals surface area contributed by atoms with Crippen molar-refractivity contribution in [1.82, 2.24) is 5.32 Å². The fourth-order valence-corrected chi connectivity index (χ4v) is 11.6. The lowest BCUT2D eigenvalue weighted by molar-refractivity contribution is -0.219. The molecule has 1 N–H and O–H groups in total. The summed E-state index contributed by atoms with van der Waals surface area (Å²) < 4.78 is 5.80. The van der Waals surface area contributed by atoms with Gasteiger partial charge in [-0.25, -0.2) is 4.79 Å². The zero-order valence-electron chi connectivity index (χ0n) is 27.0. The number of hydrogen-bond acceptors (Lipinski definition) is 3. The maximum atomic E-state index is 13.4. The summed E-state index contributed by atoms with van der Waals surface area (Å²) in [6.45, 7) is 25.4. The summed E-state index contributed by atoms with van der Waals surface area (Å²) in [7, 11) is 0. The van der Waals surface area contributed by atoms with Gasteiger partial charge < -0.3 is 10.1 Å². The number of Topliss-reactive ketones (excluding diaryl/α,β-unsaturated/α-hetero) is 1. The van der Waals surface area contributed by atoms with Crippen LogP contribution in [-0.4, -0.2) is 23.5 Å². The number of ether oxygens (including phenoxy) is 1. The number of ketones is 1. The Balaban J connectivity index is 1.57. The van der Waals surface area contributed by atoms with Gasteiger partial charge in [0.2, 0.25) is 0 Å². The van der Waals surface area contributed by atoms with Crippen LogP contribution in [-0.2, 0) is 9.53 Å². The van der Waals surface area contributed by atoms with Crippen molar-refractivity contribution in [1.29, 1.82) is 0 Å². The van der Waals surface area contributed by atoms with Gasteiger partial charge in [0, 0.05) is 12.5 Å². The maximum Gasteiger partial charge on any atom is 0.407 e. The minimum atomic E-state index is -0.500. The van der Waals surface area contributed by atoms with Crippen molar-refractivity contribution < 1.29 is 14.3 Å². The summed E-state index contributed by atoms with van der Waals surface area (Å²) in [5.74, 6) is 2.33. The Kier molecular flexibility index (Phi) is 6.61. The second kappa shape index (κ2) is 8.84. The molecular formula is C35H57NO3. The number of alkyl carbamates (subject to hydrolysis) is 1. The Labute approximate surface area is 238 Å². The van der Waals surface area contributed by atoms with Crippen molar-refractivity contribution in [2.45, 2.75) is 146 Å². The molecule has 0 aromatic heterocycles. The Hall–Kier alpha value is -1.32. The Morgan fingerprint density at radius 1 is 0.872 bits per heavy atom. The summed E-state index contributed by atoms with van der Waals surface area (Å²) in [6, 6.07) is 0.127. The number of fused-ring (bicyclic) bond motifs is 7. The highest BCUT2D eigenvalue weighted by molar-refractivity contribution is 6.00. The molecule has 4 fully saturated rings. The molecule has 220 valence electrons. The van der Waals surface area contributed by atoms with E-state index in [1.54, 1.807) is 5.57 Å². The van der Waals surface area contributed by atoms with Gasteiger partial charge in [0.05, 0.1) is 0 Å². The molecule has 0 aromatic rings. The molecule has 4 nitrogen and oxygen atoms in total. The number of nitrogens with one attached hydrogen (secondary N) is 1. The number of carbonyl (C=O) groups is 2. The molecule has 4 heteroatoms. The van der Waals surface area contributed by atoms with Gasteiger partial charge in [-0.15, -0.1) is 0 Å². The summed E-state index contributed by atoms with van der Waals surface area (Å²) in [5.41, 5.74) is 2.90. The molecule has 0 radical (unpaired) electrons. The lowest BCUT2D eigenvalue weighted by Gasteiger charge is -2.72. The van der Waals surface area contributed by atoms with E-state index in [0.29, 0.717) is 29.5 Å². The Morgan fingerprint density at radius 3 is 2.15 bits per heavy atom. The molecule has 0 spiro atoms. The van der Waals surface area contributed by atoms with Crippen molar-refractivity contribution in [2.24, 2.45) is 50.7 Å². The fourth-order valence-electron chi connectivity index (χ4n) is 11.6. The zero-order valence-corrected chi connectivity index (χ0v) is 27.0. The van der Waals surface area contributed by atoms with Crippen LogP contribution in [0.25, 0.3) is 0 Å². The van der Waals surface area contributed by atoms with Crippen molar-refractivity contribution in [2.75, 3.05) is 0 Å². The predicted molar refractivity (Wildman–Crippen MR) is 158 cm³/mol. The number of amides is 1. The van der Waals surface area contributed by atoms with Crippen LogP contribution in [0.3, 0.4) is 0 Å². The molecule has 4 saturated carbocycles. The highest BCUT2D eigenvalue weighted by Gasteiger charge is 2.70. The van der Waals surface area contributed by atoms with Crippen LogP contribution in [0, 0.1) is 50.7 Å². The first-order valence-corrected chi connectivity index (χ1v) is 16.1. The van der Waals surface area contributed by atoms with Crippen molar-refractivity contribution in [3.63, 3.8) is 0 Å². The minimum absolute atomic E-state index is 0.0150. The van der Waals surface area contributed by atoms with E-state index in [9.17, 15) is 9.59 Å². The minimum Gasteiger partial charge on any atom is -0.444 e. The van der Waals surface area contributed by atoms with Gasteiger partial charge >= 0.3 is 6.09 Å². The topological polar surface area (TPSA) is 55.4 Å². The first kappa shape index (κ1) is 29.2. The van der Waals surface area contributed by atoms with E-state index in [1.807, 2.05) is 20.8 Å². The molecule has 8 atom stereocenters. The third kappa shape index (κ3) is 4.10. The maximum absolute atomic E-state index is 13.4. The lowest BCUT2D eigenvalue weighted by atomic mass is 9.32. The fraction of sp³-hybridized carbons (Fsp3) is 0.886. The molecule has 5 aliphatic rings. The molecule has 1 unspecified atom stereocenters. The van der Waals surface area contributed by atoms with Crippen LogP contribution in [0.5, 0.6) is 0 Å². The van der Waals surface area contributed by atoms with Crippen LogP contribution in [0.2, 0.25) is 0 Å².